The van der Waals surface area contributed by atoms with Crippen LogP contribution in [-0.2, 0) is 9.59 Å². The molecule has 0 aromatic carbocycles. The van der Waals surface area contributed by atoms with Gasteiger partial charge < -0.3 is 15.3 Å². The Morgan fingerprint density at radius 1 is 1.71 bits per heavy atom. The molecule has 1 aliphatic heterocycles. The van der Waals surface area contributed by atoms with Gasteiger partial charge in [-0.25, -0.2) is 0 Å². The van der Waals surface area contributed by atoms with Crippen LogP contribution >= 0.6 is 0 Å². The van der Waals surface area contributed by atoms with Crippen molar-refractivity contribution in [2.45, 2.75) is 26.3 Å². The second-order valence-electron chi connectivity index (χ2n) is 5.20. The van der Waals surface area contributed by atoms with E-state index in [1.807, 2.05) is 13.8 Å². The number of hydrogen-bond donors (Lipinski definition) is 2. The number of carboxylic acids is 1. The Kier molecular flexibility index (Phi) is 4.28. The van der Waals surface area contributed by atoms with Crippen LogP contribution in [0.2, 0.25) is 0 Å². The van der Waals surface area contributed by atoms with Crippen LogP contribution in [0, 0.1) is 5.41 Å². The van der Waals surface area contributed by atoms with Crippen LogP contribution in [0.5, 0.6) is 0 Å². The monoisotopic (exact) mass is 240 g/mol. The first kappa shape index (κ1) is 13.7. The van der Waals surface area contributed by atoms with E-state index in [4.69, 9.17) is 5.11 Å². The minimum absolute atomic E-state index is 0.0636. The van der Waals surface area contributed by atoms with Gasteiger partial charge in [0.05, 0.1) is 12.5 Å². The van der Waals surface area contributed by atoms with E-state index in [9.17, 15) is 9.59 Å². The molecule has 1 atom stereocenters. The number of amides is 1. The van der Waals surface area contributed by atoms with Gasteiger partial charge in [-0.15, -0.1) is 6.58 Å². The van der Waals surface area contributed by atoms with Crippen LogP contribution in [0.1, 0.15) is 20.3 Å². The number of carbonyl (C=O) groups is 2. The molecule has 1 aliphatic rings. The number of carboxylic acid groups (broad SMARTS) is 1. The second kappa shape index (κ2) is 5.31. The predicted octanol–water partition coefficient (Wildman–Crippen LogP) is 0.474. The number of aliphatic carboxylic acids is 1. The van der Waals surface area contributed by atoms with E-state index in [0.29, 0.717) is 19.6 Å². The van der Waals surface area contributed by atoms with Crippen LogP contribution in [0.15, 0.2) is 12.7 Å². The van der Waals surface area contributed by atoms with E-state index < -0.39 is 12.0 Å². The molecule has 1 saturated heterocycles. The fraction of sp³-hybridized carbons (Fsp3) is 0.667. The fourth-order valence-corrected chi connectivity index (χ4v) is 2.00. The standard InChI is InChI=1S/C12H20N2O3/c1-4-5-14-8-12(2,3)7-13-9(11(14)17)6-10(15)16/h4,9,13H,1,5-8H2,2-3H3,(H,15,16). The van der Waals surface area contributed by atoms with Gasteiger partial charge in [0, 0.05) is 19.6 Å². The smallest absolute Gasteiger partial charge is 0.305 e. The zero-order valence-corrected chi connectivity index (χ0v) is 10.4. The molecule has 0 spiro atoms. The van der Waals surface area contributed by atoms with Gasteiger partial charge in [0.25, 0.3) is 0 Å². The lowest BCUT2D eigenvalue weighted by Gasteiger charge is -2.28. The molecule has 1 fully saturated rings. The Bertz CT molecular complexity index is 326. The third-order valence-corrected chi connectivity index (χ3v) is 2.78. The van der Waals surface area contributed by atoms with Crippen LogP contribution in [0.4, 0.5) is 0 Å². The average molecular weight is 240 g/mol. The Morgan fingerprint density at radius 2 is 2.35 bits per heavy atom. The van der Waals surface area contributed by atoms with E-state index in [-0.39, 0.29) is 17.7 Å². The highest BCUT2D eigenvalue weighted by Gasteiger charge is 2.34. The first-order valence-corrected chi connectivity index (χ1v) is 5.70. The summed E-state index contributed by atoms with van der Waals surface area (Å²) in [5.41, 5.74) is -0.0636. The van der Waals surface area contributed by atoms with Crippen LogP contribution < -0.4 is 5.32 Å². The van der Waals surface area contributed by atoms with Crippen LogP contribution in [0.3, 0.4) is 0 Å². The molecular weight excluding hydrogens is 220 g/mol. The highest BCUT2D eigenvalue weighted by atomic mass is 16.4. The number of nitrogens with zero attached hydrogens (tertiary/aromatic N) is 1. The van der Waals surface area contributed by atoms with Crippen molar-refractivity contribution in [3.8, 4) is 0 Å². The molecule has 0 aliphatic carbocycles. The van der Waals surface area contributed by atoms with E-state index >= 15 is 0 Å². The molecular formula is C12H20N2O3. The van der Waals surface area contributed by atoms with Crippen molar-refractivity contribution in [3.05, 3.63) is 12.7 Å². The molecule has 0 aromatic heterocycles. The van der Waals surface area contributed by atoms with E-state index in [0.717, 1.165) is 0 Å². The first-order valence-electron chi connectivity index (χ1n) is 5.70. The predicted molar refractivity (Wildman–Crippen MR) is 64.6 cm³/mol. The van der Waals surface area contributed by atoms with Crippen LogP contribution in [0.25, 0.3) is 0 Å². The lowest BCUT2D eigenvalue weighted by atomic mass is 9.93. The normalized spacial score (nSPS) is 24.2. The molecule has 1 amide bonds. The van der Waals surface area contributed by atoms with E-state index in [1.54, 1.807) is 11.0 Å². The lowest BCUT2D eigenvalue weighted by molar-refractivity contribution is -0.142. The Labute approximate surface area is 101 Å². The molecule has 96 valence electrons. The molecule has 0 radical (unpaired) electrons. The summed E-state index contributed by atoms with van der Waals surface area (Å²) in [6, 6.07) is -0.630. The Balaban J connectivity index is 2.84. The van der Waals surface area contributed by atoms with Crippen molar-refractivity contribution in [1.82, 2.24) is 10.2 Å². The maximum Gasteiger partial charge on any atom is 0.305 e. The molecule has 0 saturated carbocycles. The minimum Gasteiger partial charge on any atom is -0.481 e. The maximum absolute atomic E-state index is 12.1. The topological polar surface area (TPSA) is 69.6 Å². The highest BCUT2D eigenvalue weighted by Crippen LogP contribution is 2.20. The Morgan fingerprint density at radius 3 is 2.88 bits per heavy atom. The van der Waals surface area contributed by atoms with Gasteiger partial charge in [0.2, 0.25) is 5.91 Å². The van der Waals surface area contributed by atoms with Gasteiger partial charge in [0.1, 0.15) is 0 Å². The third kappa shape index (κ3) is 3.85. The van der Waals surface area contributed by atoms with Crippen molar-refractivity contribution in [2.24, 2.45) is 5.41 Å². The summed E-state index contributed by atoms with van der Waals surface area (Å²) in [5.74, 6) is -1.12. The third-order valence-electron chi connectivity index (χ3n) is 2.78. The number of carbonyl (C=O) groups excluding carboxylic acids is 1. The largest absolute Gasteiger partial charge is 0.481 e. The molecule has 0 bridgehead atoms. The van der Waals surface area contributed by atoms with Crippen molar-refractivity contribution in [2.75, 3.05) is 19.6 Å². The number of rotatable bonds is 4. The van der Waals surface area contributed by atoms with Gasteiger partial charge >= 0.3 is 5.97 Å². The van der Waals surface area contributed by atoms with Gasteiger partial charge in [-0.2, -0.15) is 0 Å². The zero-order valence-electron chi connectivity index (χ0n) is 10.4. The molecule has 5 nitrogen and oxygen atoms in total. The summed E-state index contributed by atoms with van der Waals surface area (Å²) in [4.78, 5) is 24.5. The van der Waals surface area contributed by atoms with Gasteiger partial charge in [-0.05, 0) is 5.41 Å². The van der Waals surface area contributed by atoms with Crippen molar-refractivity contribution >= 4 is 11.9 Å². The van der Waals surface area contributed by atoms with Gasteiger partial charge in [0.15, 0.2) is 0 Å². The molecule has 0 aromatic rings. The SMILES string of the molecule is C=CCN1CC(C)(C)CNC(CC(=O)O)C1=O. The molecule has 17 heavy (non-hydrogen) atoms. The lowest BCUT2D eigenvalue weighted by Crippen LogP contribution is -2.44. The minimum atomic E-state index is -0.964. The van der Waals surface area contributed by atoms with E-state index in [2.05, 4.69) is 11.9 Å². The van der Waals surface area contributed by atoms with E-state index in [1.165, 1.54) is 0 Å². The summed E-state index contributed by atoms with van der Waals surface area (Å²) in [5, 5.41) is 11.8. The molecule has 1 rings (SSSR count). The summed E-state index contributed by atoms with van der Waals surface area (Å²) in [7, 11) is 0. The first-order chi connectivity index (χ1) is 7.85. The van der Waals surface area contributed by atoms with Crippen molar-refractivity contribution in [1.29, 1.82) is 0 Å². The molecule has 2 N–H and O–H groups in total. The number of hydrogen-bond acceptors (Lipinski definition) is 3. The maximum atomic E-state index is 12.1. The molecule has 5 heteroatoms. The summed E-state index contributed by atoms with van der Waals surface area (Å²) < 4.78 is 0. The highest BCUT2D eigenvalue weighted by molar-refractivity contribution is 5.86. The quantitative estimate of drug-likeness (QED) is 0.701. The second-order valence-corrected chi connectivity index (χ2v) is 5.20. The summed E-state index contributed by atoms with van der Waals surface area (Å²) >= 11 is 0. The van der Waals surface area contributed by atoms with Gasteiger partial charge in [-0.1, -0.05) is 19.9 Å². The summed E-state index contributed by atoms with van der Waals surface area (Å²) in [6.07, 6.45) is 1.49. The molecule has 1 unspecified atom stereocenters. The summed E-state index contributed by atoms with van der Waals surface area (Å²) in [6.45, 7) is 9.42. The van der Waals surface area contributed by atoms with Crippen molar-refractivity contribution in [3.63, 3.8) is 0 Å². The van der Waals surface area contributed by atoms with Crippen molar-refractivity contribution < 1.29 is 14.7 Å². The average Bonchev–Trinajstić information content (AvgIpc) is 2.30. The zero-order chi connectivity index (χ0) is 13.1. The Hall–Kier alpha value is -1.36. The fourth-order valence-electron chi connectivity index (χ4n) is 2.00. The number of nitrogens with one attached hydrogen (secondary N) is 1. The molecule has 1 heterocycles. The van der Waals surface area contributed by atoms with Gasteiger partial charge in [-0.3, -0.25) is 9.59 Å². The van der Waals surface area contributed by atoms with Crippen LogP contribution in [-0.4, -0.2) is 47.6 Å².